The second kappa shape index (κ2) is 6.37. The van der Waals surface area contributed by atoms with Crippen LogP contribution in [0.1, 0.15) is 22.3 Å². The average molecular weight is 315 g/mol. The predicted octanol–water partition coefficient (Wildman–Crippen LogP) is 4.11. The van der Waals surface area contributed by atoms with Crippen molar-refractivity contribution in [1.29, 1.82) is 0 Å². The fraction of sp³-hybridized carbons (Fsp3) is 0.231. The first-order valence-corrected chi connectivity index (χ1v) is 7.39. The van der Waals surface area contributed by atoms with E-state index in [0.29, 0.717) is 18.1 Å². The fourth-order valence-electron chi connectivity index (χ4n) is 1.64. The number of hydrogen-bond donors (Lipinski definition) is 0. The Bertz CT molecular complexity index is 572. The number of hydrogen-bond acceptors (Lipinski definition) is 3. The first kappa shape index (κ1) is 14.3. The molecule has 2 aromatic rings. The Morgan fingerprint density at radius 1 is 1.37 bits per heavy atom. The molecule has 0 radical (unpaired) electrons. The van der Waals surface area contributed by atoms with Gasteiger partial charge in [-0.05, 0) is 30.5 Å². The van der Waals surface area contributed by atoms with Crippen molar-refractivity contribution in [3.8, 4) is 0 Å². The van der Waals surface area contributed by atoms with Gasteiger partial charge in [-0.2, -0.15) is 0 Å². The zero-order valence-corrected chi connectivity index (χ0v) is 12.6. The number of nitrogens with zero attached hydrogens (tertiary/aromatic N) is 2. The second-order valence-electron chi connectivity index (χ2n) is 3.86. The van der Waals surface area contributed by atoms with E-state index in [9.17, 15) is 4.79 Å². The normalized spacial score (nSPS) is 10.5. The third-order valence-electron chi connectivity index (χ3n) is 2.61. The van der Waals surface area contributed by atoms with E-state index < -0.39 is 0 Å². The molecule has 0 aromatic carbocycles. The van der Waals surface area contributed by atoms with Crippen LogP contribution in [0.25, 0.3) is 0 Å². The van der Waals surface area contributed by atoms with E-state index in [0.717, 1.165) is 4.88 Å². The number of amides is 1. The number of halogens is 2. The summed E-state index contributed by atoms with van der Waals surface area (Å²) in [6.07, 6.45) is 0. The van der Waals surface area contributed by atoms with Crippen LogP contribution in [0, 0.1) is 0 Å². The van der Waals surface area contributed by atoms with Gasteiger partial charge in [-0.3, -0.25) is 4.79 Å². The quantitative estimate of drug-likeness (QED) is 0.796. The lowest BCUT2D eigenvalue weighted by atomic mass is 10.3. The highest BCUT2D eigenvalue weighted by molar-refractivity contribution is 7.09. The van der Waals surface area contributed by atoms with Gasteiger partial charge in [-0.15, -0.1) is 11.3 Å². The fourth-order valence-corrected chi connectivity index (χ4v) is 2.69. The van der Waals surface area contributed by atoms with Crippen molar-refractivity contribution in [3.63, 3.8) is 0 Å². The molecule has 0 unspecified atom stereocenters. The number of aromatic nitrogens is 1. The molecular formula is C13H12Cl2N2OS. The first-order valence-electron chi connectivity index (χ1n) is 5.75. The topological polar surface area (TPSA) is 33.2 Å². The Morgan fingerprint density at radius 3 is 2.79 bits per heavy atom. The molecule has 0 atom stereocenters. The Balaban J connectivity index is 2.23. The predicted molar refractivity (Wildman–Crippen MR) is 79.0 cm³/mol. The van der Waals surface area contributed by atoms with E-state index >= 15 is 0 Å². The van der Waals surface area contributed by atoms with Crippen molar-refractivity contribution in [2.75, 3.05) is 6.54 Å². The van der Waals surface area contributed by atoms with E-state index in [-0.39, 0.29) is 16.8 Å². The monoisotopic (exact) mass is 314 g/mol. The van der Waals surface area contributed by atoms with Gasteiger partial charge in [0, 0.05) is 11.4 Å². The summed E-state index contributed by atoms with van der Waals surface area (Å²) in [7, 11) is 0. The van der Waals surface area contributed by atoms with Crippen LogP contribution >= 0.6 is 34.5 Å². The van der Waals surface area contributed by atoms with Crippen LogP contribution in [0.4, 0.5) is 0 Å². The Morgan fingerprint density at radius 2 is 2.16 bits per heavy atom. The van der Waals surface area contributed by atoms with Crippen molar-refractivity contribution in [3.05, 3.63) is 50.4 Å². The Kier molecular flexibility index (Phi) is 4.80. The minimum Gasteiger partial charge on any atom is -0.332 e. The Hall–Kier alpha value is -1.10. The van der Waals surface area contributed by atoms with Gasteiger partial charge >= 0.3 is 0 Å². The Labute approximate surface area is 125 Å². The number of thiophene rings is 1. The maximum Gasteiger partial charge on any atom is 0.274 e. The van der Waals surface area contributed by atoms with Crippen LogP contribution in [0.3, 0.4) is 0 Å². The van der Waals surface area contributed by atoms with Crippen molar-refractivity contribution >= 4 is 40.4 Å². The number of rotatable bonds is 4. The van der Waals surface area contributed by atoms with Gasteiger partial charge < -0.3 is 4.90 Å². The lowest BCUT2D eigenvalue weighted by Crippen LogP contribution is -2.30. The number of carbonyl (C=O) groups is 1. The molecule has 1 amide bonds. The van der Waals surface area contributed by atoms with E-state index in [2.05, 4.69) is 4.98 Å². The average Bonchev–Trinajstić information content (AvgIpc) is 2.91. The highest BCUT2D eigenvalue weighted by atomic mass is 35.5. The van der Waals surface area contributed by atoms with Crippen molar-refractivity contribution < 1.29 is 4.79 Å². The van der Waals surface area contributed by atoms with Gasteiger partial charge in [-0.25, -0.2) is 4.98 Å². The summed E-state index contributed by atoms with van der Waals surface area (Å²) in [4.78, 5) is 19.2. The number of pyridine rings is 1. The van der Waals surface area contributed by atoms with E-state index in [1.165, 1.54) is 0 Å². The molecule has 0 aliphatic carbocycles. The molecule has 100 valence electrons. The van der Waals surface area contributed by atoms with Gasteiger partial charge in [0.05, 0.1) is 11.6 Å². The molecule has 0 fully saturated rings. The molecule has 2 aromatic heterocycles. The molecule has 2 heterocycles. The SMILES string of the molecule is CCN(Cc1cccs1)C(=O)c1nc(Cl)ccc1Cl. The third-order valence-corrected chi connectivity index (χ3v) is 3.99. The molecule has 0 N–H and O–H groups in total. The van der Waals surface area contributed by atoms with Crippen LogP contribution in [-0.4, -0.2) is 22.3 Å². The highest BCUT2D eigenvalue weighted by Crippen LogP contribution is 2.20. The maximum atomic E-state index is 12.4. The van der Waals surface area contributed by atoms with Gasteiger partial charge in [0.2, 0.25) is 0 Å². The zero-order valence-electron chi connectivity index (χ0n) is 10.3. The molecule has 19 heavy (non-hydrogen) atoms. The molecule has 0 saturated carbocycles. The molecule has 6 heteroatoms. The summed E-state index contributed by atoms with van der Waals surface area (Å²) < 4.78 is 0. The van der Waals surface area contributed by atoms with Crippen LogP contribution in [0.15, 0.2) is 29.6 Å². The minimum absolute atomic E-state index is 0.201. The van der Waals surface area contributed by atoms with Crippen LogP contribution in [0.5, 0.6) is 0 Å². The molecule has 0 saturated heterocycles. The molecular weight excluding hydrogens is 303 g/mol. The van der Waals surface area contributed by atoms with Crippen LogP contribution in [-0.2, 0) is 6.54 Å². The summed E-state index contributed by atoms with van der Waals surface area (Å²) in [6.45, 7) is 3.06. The molecule has 0 aliphatic rings. The van der Waals surface area contributed by atoms with Crippen molar-refractivity contribution in [2.45, 2.75) is 13.5 Å². The van der Waals surface area contributed by atoms with E-state index in [1.807, 2.05) is 24.4 Å². The van der Waals surface area contributed by atoms with Gasteiger partial charge in [0.1, 0.15) is 10.8 Å². The minimum atomic E-state index is -0.205. The summed E-state index contributed by atoms with van der Waals surface area (Å²) in [5, 5.41) is 2.57. The maximum absolute atomic E-state index is 12.4. The van der Waals surface area contributed by atoms with Crippen molar-refractivity contribution in [1.82, 2.24) is 9.88 Å². The van der Waals surface area contributed by atoms with Gasteiger partial charge in [0.25, 0.3) is 5.91 Å². The van der Waals surface area contributed by atoms with Crippen molar-refractivity contribution in [2.24, 2.45) is 0 Å². The van der Waals surface area contributed by atoms with Crippen LogP contribution in [0.2, 0.25) is 10.2 Å². The van der Waals surface area contributed by atoms with Gasteiger partial charge in [0.15, 0.2) is 0 Å². The third kappa shape index (κ3) is 3.47. The van der Waals surface area contributed by atoms with E-state index in [1.54, 1.807) is 28.4 Å². The molecule has 3 nitrogen and oxygen atoms in total. The first-order chi connectivity index (χ1) is 9.11. The van der Waals surface area contributed by atoms with Crippen LogP contribution < -0.4 is 0 Å². The molecule has 0 aliphatic heterocycles. The number of carbonyl (C=O) groups excluding carboxylic acids is 1. The van der Waals surface area contributed by atoms with Gasteiger partial charge in [-0.1, -0.05) is 29.3 Å². The second-order valence-corrected chi connectivity index (χ2v) is 5.69. The highest BCUT2D eigenvalue weighted by Gasteiger charge is 2.19. The largest absolute Gasteiger partial charge is 0.332 e. The lowest BCUT2D eigenvalue weighted by molar-refractivity contribution is 0.0748. The smallest absolute Gasteiger partial charge is 0.274 e. The molecule has 0 bridgehead atoms. The summed E-state index contributed by atoms with van der Waals surface area (Å²) in [5.74, 6) is -0.205. The molecule has 2 rings (SSSR count). The van der Waals surface area contributed by atoms with E-state index in [4.69, 9.17) is 23.2 Å². The summed E-state index contributed by atoms with van der Waals surface area (Å²) >= 11 is 13.4. The summed E-state index contributed by atoms with van der Waals surface area (Å²) in [6, 6.07) is 7.11. The zero-order chi connectivity index (χ0) is 13.8. The summed E-state index contributed by atoms with van der Waals surface area (Å²) in [5.41, 5.74) is 0.201. The molecule has 0 spiro atoms. The standard InChI is InChI=1S/C13H12Cl2N2OS/c1-2-17(8-9-4-3-7-19-9)13(18)12-10(14)5-6-11(15)16-12/h3-7H,2,8H2,1H3. The lowest BCUT2D eigenvalue weighted by Gasteiger charge is -2.20.